The molecule has 26 heavy (non-hydrogen) atoms. The number of benzene rings is 1. The maximum absolute atomic E-state index is 13.5. The highest BCUT2D eigenvalue weighted by atomic mass is 32.2. The zero-order valence-electron chi connectivity index (χ0n) is 13.6. The van der Waals surface area contributed by atoms with Crippen molar-refractivity contribution in [2.45, 2.75) is 10.8 Å². The van der Waals surface area contributed by atoms with Crippen molar-refractivity contribution in [2.75, 3.05) is 20.2 Å². The summed E-state index contributed by atoms with van der Waals surface area (Å²) < 4.78 is 50.5. The molecule has 1 saturated heterocycles. The molecule has 1 aliphatic rings. The third-order valence-corrected chi connectivity index (χ3v) is 6.84. The SMILES string of the molecule is COc1ccc(F)cc1S(=O)(=O)N1CC(c2nc(-c3cccs3)no2)C1. The van der Waals surface area contributed by atoms with Gasteiger partial charge in [0, 0.05) is 13.1 Å². The van der Waals surface area contributed by atoms with Crippen LogP contribution >= 0.6 is 11.3 Å². The first kappa shape index (κ1) is 17.1. The Bertz CT molecular complexity index is 1030. The summed E-state index contributed by atoms with van der Waals surface area (Å²) in [6, 6.07) is 7.18. The third kappa shape index (κ3) is 2.89. The van der Waals surface area contributed by atoms with E-state index in [9.17, 15) is 12.8 Å². The first-order valence-corrected chi connectivity index (χ1v) is 10.0. The van der Waals surface area contributed by atoms with Crippen LogP contribution in [0.5, 0.6) is 5.75 Å². The van der Waals surface area contributed by atoms with E-state index in [0.29, 0.717) is 11.7 Å². The van der Waals surface area contributed by atoms with Crippen molar-refractivity contribution in [3.05, 3.63) is 47.4 Å². The first-order chi connectivity index (χ1) is 12.5. The van der Waals surface area contributed by atoms with Crippen LogP contribution in [0, 0.1) is 5.82 Å². The lowest BCUT2D eigenvalue weighted by Gasteiger charge is -2.36. The van der Waals surface area contributed by atoms with Crippen LogP contribution in [0.4, 0.5) is 4.39 Å². The molecule has 0 spiro atoms. The number of hydrogen-bond donors (Lipinski definition) is 0. The largest absolute Gasteiger partial charge is 0.495 e. The van der Waals surface area contributed by atoms with Gasteiger partial charge in [-0.25, -0.2) is 12.8 Å². The number of nitrogens with zero attached hydrogens (tertiary/aromatic N) is 3. The van der Waals surface area contributed by atoms with Crippen LogP contribution in [0.25, 0.3) is 10.7 Å². The molecule has 1 fully saturated rings. The van der Waals surface area contributed by atoms with E-state index in [1.807, 2.05) is 17.5 Å². The molecule has 136 valence electrons. The van der Waals surface area contributed by atoms with Crippen LogP contribution in [-0.4, -0.2) is 43.1 Å². The maximum atomic E-state index is 13.5. The smallest absolute Gasteiger partial charge is 0.246 e. The van der Waals surface area contributed by atoms with Crippen molar-refractivity contribution < 1.29 is 22.1 Å². The Morgan fingerprint density at radius 1 is 1.35 bits per heavy atom. The standard InChI is InChI=1S/C16H14FN3O4S2/c1-23-12-5-4-11(17)7-14(12)26(21,22)20-8-10(9-20)16-18-15(19-24-16)13-3-2-6-25-13/h2-7,10H,8-9H2,1H3. The summed E-state index contributed by atoms with van der Waals surface area (Å²) in [5, 5.41) is 5.84. The lowest BCUT2D eigenvalue weighted by atomic mass is 10.0. The number of methoxy groups -OCH3 is 1. The van der Waals surface area contributed by atoms with Gasteiger partial charge < -0.3 is 9.26 Å². The molecule has 7 nitrogen and oxygen atoms in total. The van der Waals surface area contributed by atoms with E-state index in [0.717, 1.165) is 17.0 Å². The lowest BCUT2D eigenvalue weighted by Crippen LogP contribution is -2.48. The normalized spacial score (nSPS) is 15.8. The molecule has 1 aromatic carbocycles. The highest BCUT2D eigenvalue weighted by molar-refractivity contribution is 7.89. The predicted octanol–water partition coefficient (Wildman–Crippen LogP) is 2.73. The minimum atomic E-state index is -3.86. The fourth-order valence-corrected chi connectivity index (χ4v) is 5.04. The molecule has 0 bridgehead atoms. The second-order valence-electron chi connectivity index (χ2n) is 5.75. The molecule has 3 aromatic rings. The summed E-state index contributed by atoms with van der Waals surface area (Å²) >= 11 is 1.49. The molecule has 4 rings (SSSR count). The fraction of sp³-hybridized carbons (Fsp3) is 0.250. The highest BCUT2D eigenvalue weighted by Gasteiger charge is 2.41. The van der Waals surface area contributed by atoms with Crippen LogP contribution in [-0.2, 0) is 10.0 Å². The number of hydrogen-bond acceptors (Lipinski definition) is 7. The summed E-state index contributed by atoms with van der Waals surface area (Å²) in [6.07, 6.45) is 0. The topological polar surface area (TPSA) is 85.5 Å². The van der Waals surface area contributed by atoms with Crippen LogP contribution in [0.3, 0.4) is 0 Å². The van der Waals surface area contributed by atoms with Gasteiger partial charge in [0.15, 0.2) is 0 Å². The third-order valence-electron chi connectivity index (χ3n) is 4.12. The molecular formula is C16H14FN3O4S2. The van der Waals surface area contributed by atoms with Crippen molar-refractivity contribution in [3.8, 4) is 16.5 Å². The molecule has 0 amide bonds. The van der Waals surface area contributed by atoms with Gasteiger partial charge in [0.25, 0.3) is 0 Å². The van der Waals surface area contributed by atoms with Gasteiger partial charge in [0.1, 0.15) is 16.5 Å². The van der Waals surface area contributed by atoms with Gasteiger partial charge >= 0.3 is 0 Å². The van der Waals surface area contributed by atoms with Crippen molar-refractivity contribution >= 4 is 21.4 Å². The molecule has 0 N–H and O–H groups in total. The minimum absolute atomic E-state index is 0.104. The zero-order valence-corrected chi connectivity index (χ0v) is 15.3. The number of thiophene rings is 1. The van der Waals surface area contributed by atoms with Crippen LogP contribution in [0.2, 0.25) is 0 Å². The fourth-order valence-electron chi connectivity index (χ4n) is 2.69. The van der Waals surface area contributed by atoms with E-state index in [2.05, 4.69) is 10.1 Å². The average molecular weight is 395 g/mol. The molecule has 10 heteroatoms. The molecule has 3 heterocycles. The summed E-state index contributed by atoms with van der Waals surface area (Å²) in [7, 11) is -2.52. The maximum Gasteiger partial charge on any atom is 0.246 e. The Morgan fingerprint density at radius 3 is 2.85 bits per heavy atom. The van der Waals surface area contributed by atoms with Crippen molar-refractivity contribution in [3.63, 3.8) is 0 Å². The van der Waals surface area contributed by atoms with Gasteiger partial charge in [0.2, 0.25) is 21.7 Å². The summed E-state index contributed by atoms with van der Waals surface area (Å²) in [5.74, 6) is 0.159. The average Bonchev–Trinajstić information content (AvgIpc) is 3.24. The molecule has 2 aromatic heterocycles. The van der Waals surface area contributed by atoms with Crippen LogP contribution in [0.15, 0.2) is 45.1 Å². The molecule has 0 unspecified atom stereocenters. The van der Waals surface area contributed by atoms with Gasteiger partial charge in [-0.3, -0.25) is 0 Å². The van der Waals surface area contributed by atoms with E-state index in [1.54, 1.807) is 0 Å². The Hall–Kier alpha value is -2.30. The van der Waals surface area contributed by atoms with Crippen molar-refractivity contribution in [1.82, 2.24) is 14.4 Å². The zero-order chi connectivity index (χ0) is 18.3. The Kier molecular flexibility index (Phi) is 4.25. The van der Waals surface area contributed by atoms with Gasteiger partial charge in [0.05, 0.1) is 17.9 Å². The number of sulfonamides is 1. The van der Waals surface area contributed by atoms with E-state index < -0.39 is 15.8 Å². The van der Waals surface area contributed by atoms with Gasteiger partial charge in [-0.1, -0.05) is 11.2 Å². The Labute approximate surface area is 153 Å². The van der Waals surface area contributed by atoms with E-state index >= 15 is 0 Å². The van der Waals surface area contributed by atoms with Crippen LogP contribution in [0.1, 0.15) is 11.8 Å². The summed E-state index contributed by atoms with van der Waals surface area (Å²) in [4.78, 5) is 5.03. The molecular weight excluding hydrogens is 381 g/mol. The minimum Gasteiger partial charge on any atom is -0.495 e. The second kappa shape index (κ2) is 6.45. The number of ether oxygens (including phenoxy) is 1. The van der Waals surface area contributed by atoms with Crippen molar-refractivity contribution in [2.24, 2.45) is 0 Å². The lowest BCUT2D eigenvalue weighted by molar-refractivity contribution is 0.216. The molecule has 0 atom stereocenters. The molecule has 0 saturated carbocycles. The second-order valence-corrected chi connectivity index (χ2v) is 8.60. The highest BCUT2D eigenvalue weighted by Crippen LogP contribution is 2.35. The number of aromatic nitrogens is 2. The molecule has 0 radical (unpaired) electrons. The molecule has 0 aliphatic carbocycles. The van der Waals surface area contributed by atoms with Crippen molar-refractivity contribution in [1.29, 1.82) is 0 Å². The predicted molar refractivity (Wildman–Crippen MR) is 92.1 cm³/mol. The first-order valence-electron chi connectivity index (χ1n) is 7.70. The van der Waals surface area contributed by atoms with Crippen LogP contribution < -0.4 is 4.74 Å². The Balaban J connectivity index is 1.52. The molecule has 1 aliphatic heterocycles. The van der Waals surface area contributed by atoms with Gasteiger partial charge in [-0.05, 0) is 29.6 Å². The monoisotopic (exact) mass is 395 g/mol. The quantitative estimate of drug-likeness (QED) is 0.660. The van der Waals surface area contributed by atoms with E-state index in [1.165, 1.54) is 28.8 Å². The summed E-state index contributed by atoms with van der Waals surface area (Å²) in [5.41, 5.74) is 0. The van der Waals surface area contributed by atoms with E-state index in [-0.39, 0.29) is 29.7 Å². The number of halogens is 1. The van der Waals surface area contributed by atoms with Gasteiger partial charge in [-0.2, -0.15) is 9.29 Å². The van der Waals surface area contributed by atoms with E-state index in [4.69, 9.17) is 9.26 Å². The number of rotatable bonds is 5. The summed E-state index contributed by atoms with van der Waals surface area (Å²) in [6.45, 7) is 0.377. The van der Waals surface area contributed by atoms with Gasteiger partial charge in [-0.15, -0.1) is 11.3 Å². The Morgan fingerprint density at radius 2 is 2.15 bits per heavy atom.